The summed E-state index contributed by atoms with van der Waals surface area (Å²) in [6, 6.07) is 0. The van der Waals surface area contributed by atoms with E-state index in [1.165, 1.54) is 38.5 Å². The van der Waals surface area contributed by atoms with Crippen LogP contribution in [0.4, 0.5) is 0 Å². The number of unbranched alkanes of at least 4 members (excludes halogenated alkanes) is 6. The molecule has 0 aromatic carbocycles. The third kappa shape index (κ3) is 9.38. The van der Waals surface area contributed by atoms with Crippen molar-refractivity contribution in [3.05, 3.63) is 0 Å². The summed E-state index contributed by atoms with van der Waals surface area (Å²) in [5.41, 5.74) is 0. The molecule has 0 aliphatic heterocycles. The van der Waals surface area contributed by atoms with Gasteiger partial charge in [0.15, 0.2) is 0 Å². The Hall–Kier alpha value is -0.160. The summed E-state index contributed by atoms with van der Waals surface area (Å²) < 4.78 is 0.651. The van der Waals surface area contributed by atoms with Crippen molar-refractivity contribution in [2.75, 3.05) is 46.0 Å². The fraction of sp³-hybridized carbons (Fsp3) is 1.00. The summed E-state index contributed by atoms with van der Waals surface area (Å²) >= 11 is 0. The summed E-state index contributed by atoms with van der Waals surface area (Å²) in [4.78, 5) is 0. The number of hydrogen-bond donors (Lipinski definition) is 3. The van der Waals surface area contributed by atoms with Gasteiger partial charge in [-0.15, -0.1) is 0 Å². The average molecular weight is 276 g/mol. The van der Waals surface area contributed by atoms with E-state index >= 15 is 0 Å². The van der Waals surface area contributed by atoms with Gasteiger partial charge in [-0.2, -0.15) is 0 Å². The van der Waals surface area contributed by atoms with E-state index < -0.39 is 0 Å². The molecule has 116 valence electrons. The van der Waals surface area contributed by atoms with E-state index in [-0.39, 0.29) is 19.8 Å². The molecule has 0 radical (unpaired) electrons. The molecular weight excluding hydrogens is 242 g/mol. The zero-order valence-corrected chi connectivity index (χ0v) is 12.7. The van der Waals surface area contributed by atoms with Gasteiger partial charge >= 0.3 is 0 Å². The lowest BCUT2D eigenvalue weighted by Crippen LogP contribution is -2.53. The average Bonchev–Trinajstić information content (AvgIpc) is 2.39. The van der Waals surface area contributed by atoms with Crippen molar-refractivity contribution in [3.8, 4) is 0 Å². The highest BCUT2D eigenvalue weighted by Crippen LogP contribution is 2.12. The third-order valence-electron chi connectivity index (χ3n) is 3.96. The van der Waals surface area contributed by atoms with Gasteiger partial charge in [-0.1, -0.05) is 39.0 Å². The second kappa shape index (κ2) is 12.9. The van der Waals surface area contributed by atoms with Crippen LogP contribution in [0.15, 0.2) is 0 Å². The maximum atomic E-state index is 9.18. The Kier molecular flexibility index (Phi) is 12.7. The molecule has 3 N–H and O–H groups in total. The van der Waals surface area contributed by atoms with E-state index in [1.807, 2.05) is 0 Å². The van der Waals surface area contributed by atoms with Crippen molar-refractivity contribution in [2.45, 2.75) is 51.9 Å². The molecule has 0 aromatic heterocycles. The quantitative estimate of drug-likeness (QED) is 0.333. The van der Waals surface area contributed by atoms with E-state index in [2.05, 4.69) is 6.92 Å². The van der Waals surface area contributed by atoms with Crippen LogP contribution in [0.1, 0.15) is 51.9 Å². The number of quaternary nitrogens is 1. The number of nitrogens with zero attached hydrogens (tertiary/aromatic N) is 1. The molecule has 0 rings (SSSR count). The SMILES string of the molecule is CCCCCCCCC[N+](CCO)(CCO)CCO. The topological polar surface area (TPSA) is 60.7 Å². The van der Waals surface area contributed by atoms with Crippen LogP contribution < -0.4 is 0 Å². The van der Waals surface area contributed by atoms with Gasteiger partial charge in [-0.25, -0.2) is 0 Å². The molecule has 0 spiro atoms. The van der Waals surface area contributed by atoms with E-state index in [0.717, 1.165) is 13.0 Å². The Morgan fingerprint density at radius 3 is 1.42 bits per heavy atom. The van der Waals surface area contributed by atoms with Gasteiger partial charge in [0.2, 0.25) is 0 Å². The Labute approximate surface area is 118 Å². The monoisotopic (exact) mass is 276 g/mol. The predicted molar refractivity (Wildman–Crippen MR) is 79.0 cm³/mol. The number of rotatable bonds is 14. The van der Waals surface area contributed by atoms with Gasteiger partial charge in [0, 0.05) is 0 Å². The third-order valence-corrected chi connectivity index (χ3v) is 3.96. The molecule has 0 bridgehead atoms. The smallest absolute Gasteiger partial charge is 0.102 e. The van der Waals surface area contributed by atoms with Crippen molar-refractivity contribution < 1.29 is 19.8 Å². The molecule has 0 saturated carbocycles. The molecule has 0 aliphatic rings. The van der Waals surface area contributed by atoms with E-state index in [4.69, 9.17) is 0 Å². The number of aliphatic hydroxyl groups is 3. The molecule has 0 aliphatic carbocycles. The first-order chi connectivity index (χ1) is 9.24. The fourth-order valence-corrected chi connectivity index (χ4v) is 2.71. The molecular formula is C15H34NO3+. The Bertz CT molecular complexity index is 171. The van der Waals surface area contributed by atoms with Crippen LogP contribution in [-0.4, -0.2) is 65.8 Å². The molecule has 4 heteroatoms. The molecule has 0 fully saturated rings. The molecule has 4 nitrogen and oxygen atoms in total. The maximum Gasteiger partial charge on any atom is 0.102 e. The Morgan fingerprint density at radius 1 is 0.579 bits per heavy atom. The molecule has 0 amide bonds. The predicted octanol–water partition coefficient (Wildman–Crippen LogP) is 1.53. The highest BCUT2D eigenvalue weighted by molar-refractivity contribution is 4.49. The van der Waals surface area contributed by atoms with Crippen LogP contribution in [-0.2, 0) is 0 Å². The summed E-state index contributed by atoms with van der Waals surface area (Å²) in [6.45, 7) is 5.45. The van der Waals surface area contributed by atoms with E-state index in [0.29, 0.717) is 24.1 Å². The molecule has 0 atom stereocenters. The van der Waals surface area contributed by atoms with E-state index in [9.17, 15) is 15.3 Å². The van der Waals surface area contributed by atoms with Crippen molar-refractivity contribution in [1.29, 1.82) is 0 Å². The van der Waals surface area contributed by atoms with Crippen molar-refractivity contribution in [3.63, 3.8) is 0 Å². The molecule has 19 heavy (non-hydrogen) atoms. The van der Waals surface area contributed by atoms with Crippen molar-refractivity contribution in [2.24, 2.45) is 0 Å². The minimum Gasteiger partial charge on any atom is -0.391 e. The second-order valence-electron chi connectivity index (χ2n) is 5.53. The lowest BCUT2D eigenvalue weighted by Gasteiger charge is -2.37. The van der Waals surface area contributed by atoms with Gasteiger partial charge in [-0.3, -0.25) is 0 Å². The summed E-state index contributed by atoms with van der Waals surface area (Å²) in [5.74, 6) is 0. The first-order valence-electron chi connectivity index (χ1n) is 7.92. The first kappa shape index (κ1) is 18.8. The van der Waals surface area contributed by atoms with Crippen LogP contribution in [0.25, 0.3) is 0 Å². The van der Waals surface area contributed by atoms with Crippen molar-refractivity contribution in [1.82, 2.24) is 0 Å². The minimum absolute atomic E-state index is 0.122. The van der Waals surface area contributed by atoms with Gasteiger partial charge in [-0.05, 0) is 12.8 Å². The van der Waals surface area contributed by atoms with Crippen LogP contribution >= 0.6 is 0 Å². The fourth-order valence-electron chi connectivity index (χ4n) is 2.71. The largest absolute Gasteiger partial charge is 0.391 e. The van der Waals surface area contributed by atoms with Crippen LogP contribution in [0.5, 0.6) is 0 Å². The molecule has 0 unspecified atom stereocenters. The molecule has 0 saturated heterocycles. The van der Waals surface area contributed by atoms with Crippen LogP contribution in [0.2, 0.25) is 0 Å². The minimum atomic E-state index is 0.122. The lowest BCUT2D eigenvalue weighted by molar-refractivity contribution is -0.929. The molecule has 0 aromatic rings. The van der Waals surface area contributed by atoms with Gasteiger partial charge in [0.1, 0.15) is 19.6 Å². The highest BCUT2D eigenvalue weighted by atomic mass is 16.3. The summed E-state index contributed by atoms with van der Waals surface area (Å²) in [5, 5.41) is 27.5. The van der Waals surface area contributed by atoms with Crippen LogP contribution in [0.3, 0.4) is 0 Å². The molecule has 0 heterocycles. The summed E-state index contributed by atoms with van der Waals surface area (Å²) in [7, 11) is 0. The Balaban J connectivity index is 3.89. The number of aliphatic hydroxyl groups excluding tert-OH is 3. The highest BCUT2D eigenvalue weighted by Gasteiger charge is 2.25. The van der Waals surface area contributed by atoms with Gasteiger partial charge in [0.25, 0.3) is 0 Å². The lowest BCUT2D eigenvalue weighted by atomic mass is 10.1. The first-order valence-corrected chi connectivity index (χ1v) is 7.92. The van der Waals surface area contributed by atoms with E-state index in [1.54, 1.807) is 0 Å². The van der Waals surface area contributed by atoms with Crippen molar-refractivity contribution >= 4 is 0 Å². The second-order valence-corrected chi connectivity index (χ2v) is 5.53. The van der Waals surface area contributed by atoms with Gasteiger partial charge < -0.3 is 19.8 Å². The maximum absolute atomic E-state index is 9.18. The standard InChI is InChI=1S/C15H34NO3/c1-2-3-4-5-6-7-8-9-16(10-13-17,11-14-18)12-15-19/h17-19H,2-15H2,1H3/q+1. The normalized spacial score (nSPS) is 12.0. The zero-order chi connectivity index (χ0) is 14.4. The number of hydrogen-bond acceptors (Lipinski definition) is 3. The Morgan fingerprint density at radius 2 is 1.00 bits per heavy atom. The zero-order valence-electron chi connectivity index (χ0n) is 12.7. The van der Waals surface area contributed by atoms with Crippen LogP contribution in [0, 0.1) is 0 Å². The van der Waals surface area contributed by atoms with Gasteiger partial charge in [0.05, 0.1) is 26.4 Å². The summed E-state index contributed by atoms with van der Waals surface area (Å²) in [6.07, 6.45) is 8.87.